The van der Waals surface area contributed by atoms with E-state index in [4.69, 9.17) is 14.6 Å². The predicted molar refractivity (Wildman–Crippen MR) is 52.3 cm³/mol. The van der Waals surface area contributed by atoms with Crippen molar-refractivity contribution in [1.82, 2.24) is 0 Å². The first-order valence-electron chi connectivity index (χ1n) is 4.96. The fourth-order valence-electron chi connectivity index (χ4n) is 1.57. The van der Waals surface area contributed by atoms with Crippen LogP contribution in [0.2, 0.25) is 0 Å². The molecule has 2 atom stereocenters. The summed E-state index contributed by atoms with van der Waals surface area (Å²) in [5.41, 5.74) is 0. The zero-order valence-corrected chi connectivity index (χ0v) is 8.44. The maximum absolute atomic E-state index is 13.0. The summed E-state index contributed by atoms with van der Waals surface area (Å²) >= 11 is 0. The normalized spacial score (nSPS) is 25.5. The fraction of sp³-hybridized carbons (Fsp3) is 0.455. The topological polar surface area (TPSA) is 38.7 Å². The van der Waals surface area contributed by atoms with Gasteiger partial charge in [-0.15, -0.1) is 0 Å². The van der Waals surface area contributed by atoms with Crippen LogP contribution in [0.1, 0.15) is 19.8 Å². The van der Waals surface area contributed by atoms with Gasteiger partial charge in [0, 0.05) is 12.5 Å². The second kappa shape index (κ2) is 4.06. The lowest BCUT2D eigenvalue weighted by Gasteiger charge is -2.13. The van der Waals surface area contributed by atoms with E-state index in [2.05, 4.69) is 0 Å². The Bertz CT molecular complexity index is 354. The van der Waals surface area contributed by atoms with Crippen LogP contribution >= 0.6 is 0 Å². The van der Waals surface area contributed by atoms with Crippen molar-refractivity contribution in [1.29, 1.82) is 0 Å². The Labute approximate surface area is 87.4 Å². The Morgan fingerprint density at radius 2 is 2.27 bits per heavy atom. The minimum Gasteiger partial charge on any atom is -0.505 e. The van der Waals surface area contributed by atoms with E-state index >= 15 is 0 Å². The first-order chi connectivity index (χ1) is 7.15. The number of phenols is 1. The molecular formula is C11H13FO3. The van der Waals surface area contributed by atoms with Crippen molar-refractivity contribution in [3.63, 3.8) is 0 Å². The number of phenolic OH excluding ortho intramolecular Hbond substituents is 1. The number of aromatic hydroxyl groups is 1. The van der Waals surface area contributed by atoms with Gasteiger partial charge in [0.15, 0.2) is 17.9 Å². The van der Waals surface area contributed by atoms with Gasteiger partial charge in [-0.2, -0.15) is 0 Å². The van der Waals surface area contributed by atoms with Crippen LogP contribution in [-0.4, -0.2) is 17.5 Å². The van der Waals surface area contributed by atoms with Crippen LogP contribution in [0.15, 0.2) is 18.2 Å². The molecular weight excluding hydrogens is 199 g/mol. The molecule has 0 bridgehead atoms. The molecule has 0 radical (unpaired) electrons. The van der Waals surface area contributed by atoms with Crippen LogP contribution in [0.25, 0.3) is 0 Å². The lowest BCUT2D eigenvalue weighted by Crippen LogP contribution is -2.15. The molecule has 1 N–H and O–H groups in total. The fourth-order valence-corrected chi connectivity index (χ4v) is 1.57. The third-order valence-corrected chi connectivity index (χ3v) is 2.38. The summed E-state index contributed by atoms with van der Waals surface area (Å²) in [7, 11) is 0. The van der Waals surface area contributed by atoms with Gasteiger partial charge in [0.2, 0.25) is 0 Å². The van der Waals surface area contributed by atoms with E-state index in [-0.39, 0.29) is 18.1 Å². The van der Waals surface area contributed by atoms with Crippen molar-refractivity contribution in [2.75, 3.05) is 0 Å². The number of rotatable bonds is 2. The summed E-state index contributed by atoms with van der Waals surface area (Å²) in [5, 5.41) is 8.98. The molecule has 0 amide bonds. The van der Waals surface area contributed by atoms with Gasteiger partial charge in [0.1, 0.15) is 5.75 Å². The van der Waals surface area contributed by atoms with E-state index in [1.165, 1.54) is 12.1 Å². The molecule has 0 aromatic heterocycles. The highest BCUT2D eigenvalue weighted by Gasteiger charge is 2.23. The van der Waals surface area contributed by atoms with Gasteiger partial charge in [-0.1, -0.05) is 0 Å². The lowest BCUT2D eigenvalue weighted by atomic mass is 10.2. The summed E-state index contributed by atoms with van der Waals surface area (Å²) < 4.78 is 23.8. The van der Waals surface area contributed by atoms with Gasteiger partial charge < -0.3 is 14.6 Å². The molecule has 3 nitrogen and oxygen atoms in total. The quantitative estimate of drug-likeness (QED) is 0.818. The molecule has 2 rings (SSSR count). The molecule has 82 valence electrons. The monoisotopic (exact) mass is 212 g/mol. The minimum absolute atomic E-state index is 0.192. The Balaban J connectivity index is 2.02. The zero-order valence-electron chi connectivity index (χ0n) is 8.44. The molecule has 0 aliphatic carbocycles. The number of halogens is 1. The van der Waals surface area contributed by atoms with Crippen molar-refractivity contribution in [3.05, 3.63) is 24.0 Å². The maximum Gasteiger partial charge on any atom is 0.200 e. The van der Waals surface area contributed by atoms with E-state index in [9.17, 15) is 4.39 Å². The molecule has 1 heterocycles. The van der Waals surface area contributed by atoms with E-state index < -0.39 is 5.82 Å². The molecule has 1 aliphatic heterocycles. The summed E-state index contributed by atoms with van der Waals surface area (Å²) in [4.78, 5) is 0. The number of hydrogen-bond acceptors (Lipinski definition) is 3. The Morgan fingerprint density at radius 3 is 2.87 bits per heavy atom. The molecule has 4 heteroatoms. The molecule has 1 fully saturated rings. The zero-order chi connectivity index (χ0) is 10.8. The summed E-state index contributed by atoms with van der Waals surface area (Å²) in [6.45, 7) is 1.97. The first kappa shape index (κ1) is 10.2. The van der Waals surface area contributed by atoms with Gasteiger partial charge in [-0.25, -0.2) is 4.39 Å². The average Bonchev–Trinajstić information content (AvgIpc) is 2.58. The number of hydrogen-bond donors (Lipinski definition) is 1. The highest BCUT2D eigenvalue weighted by molar-refractivity contribution is 5.32. The van der Waals surface area contributed by atoms with Crippen LogP contribution in [0.3, 0.4) is 0 Å². The second-order valence-corrected chi connectivity index (χ2v) is 3.68. The summed E-state index contributed by atoms with van der Waals surface area (Å²) in [5.74, 6) is -0.675. The standard InChI is InChI=1S/C11H13FO3/c1-7-2-5-11(14-7)15-8-3-4-10(13)9(12)6-8/h3-4,6-7,11,13H,2,5H2,1H3. The van der Waals surface area contributed by atoms with E-state index in [0.717, 1.165) is 18.9 Å². The van der Waals surface area contributed by atoms with Crippen LogP contribution in [0.5, 0.6) is 11.5 Å². The molecule has 0 saturated carbocycles. The largest absolute Gasteiger partial charge is 0.505 e. The van der Waals surface area contributed by atoms with Gasteiger partial charge in [0.25, 0.3) is 0 Å². The van der Waals surface area contributed by atoms with Crippen molar-refractivity contribution < 1.29 is 19.0 Å². The highest BCUT2D eigenvalue weighted by Crippen LogP contribution is 2.26. The molecule has 0 spiro atoms. The van der Waals surface area contributed by atoms with Gasteiger partial charge in [-0.05, 0) is 25.5 Å². The van der Waals surface area contributed by atoms with Crippen molar-refractivity contribution in [3.8, 4) is 11.5 Å². The summed E-state index contributed by atoms with van der Waals surface area (Å²) in [6, 6.07) is 3.94. The van der Waals surface area contributed by atoms with Crippen LogP contribution in [0, 0.1) is 5.82 Å². The second-order valence-electron chi connectivity index (χ2n) is 3.68. The minimum atomic E-state index is -0.682. The molecule has 1 aromatic rings. The number of ether oxygens (including phenoxy) is 2. The third-order valence-electron chi connectivity index (χ3n) is 2.38. The Hall–Kier alpha value is -1.29. The molecule has 1 aliphatic rings. The molecule has 1 saturated heterocycles. The molecule has 15 heavy (non-hydrogen) atoms. The number of benzene rings is 1. The first-order valence-corrected chi connectivity index (χ1v) is 4.96. The summed E-state index contributed by atoms with van der Waals surface area (Å²) in [6.07, 6.45) is 1.65. The van der Waals surface area contributed by atoms with E-state index in [0.29, 0.717) is 5.75 Å². The predicted octanol–water partition coefficient (Wildman–Crippen LogP) is 2.44. The van der Waals surface area contributed by atoms with Crippen LogP contribution in [-0.2, 0) is 4.74 Å². The van der Waals surface area contributed by atoms with Gasteiger partial charge in [-0.3, -0.25) is 0 Å². The van der Waals surface area contributed by atoms with Gasteiger partial charge >= 0.3 is 0 Å². The molecule has 2 unspecified atom stereocenters. The maximum atomic E-state index is 13.0. The SMILES string of the molecule is CC1CCC(Oc2ccc(O)c(F)c2)O1. The van der Waals surface area contributed by atoms with E-state index in [1.54, 1.807) is 0 Å². The van der Waals surface area contributed by atoms with E-state index in [1.807, 2.05) is 6.92 Å². The average molecular weight is 212 g/mol. The van der Waals surface area contributed by atoms with Crippen LogP contribution in [0.4, 0.5) is 4.39 Å². The smallest absolute Gasteiger partial charge is 0.200 e. The van der Waals surface area contributed by atoms with Crippen molar-refractivity contribution in [2.45, 2.75) is 32.2 Å². The molecule has 1 aromatic carbocycles. The lowest BCUT2D eigenvalue weighted by molar-refractivity contribution is -0.0672. The Kier molecular flexibility index (Phi) is 2.77. The highest BCUT2D eigenvalue weighted by atomic mass is 19.1. The van der Waals surface area contributed by atoms with Crippen molar-refractivity contribution in [2.24, 2.45) is 0 Å². The van der Waals surface area contributed by atoms with Crippen LogP contribution < -0.4 is 4.74 Å². The Morgan fingerprint density at radius 1 is 1.47 bits per heavy atom. The van der Waals surface area contributed by atoms with Crippen molar-refractivity contribution >= 4 is 0 Å². The third kappa shape index (κ3) is 2.39. The van der Waals surface area contributed by atoms with Gasteiger partial charge in [0.05, 0.1) is 6.10 Å².